The van der Waals surface area contributed by atoms with Gasteiger partial charge in [0.05, 0.1) is 6.54 Å². The Kier molecular flexibility index (Phi) is 5.99. The number of nitrogens with zero attached hydrogens (tertiary/aromatic N) is 1. The summed E-state index contributed by atoms with van der Waals surface area (Å²) < 4.78 is 0. The quantitative estimate of drug-likeness (QED) is 0.805. The molecule has 0 saturated carbocycles. The Morgan fingerprint density at radius 1 is 1.30 bits per heavy atom. The smallest absolute Gasteiger partial charge is 0.441 e. The number of carbonyl (C=O) groups is 2. The van der Waals surface area contributed by atoms with Gasteiger partial charge in [-0.05, 0) is 17.9 Å². The van der Waals surface area contributed by atoms with E-state index in [1.54, 1.807) is 24.3 Å². The van der Waals surface area contributed by atoms with Crippen LogP contribution in [0.25, 0.3) is 0 Å². The van der Waals surface area contributed by atoms with Crippen molar-refractivity contribution in [3.05, 3.63) is 35.9 Å². The van der Waals surface area contributed by atoms with Gasteiger partial charge in [-0.25, -0.2) is 9.59 Å². The molecule has 0 spiro atoms. The Hall–Kier alpha value is -2.08. The first-order valence-electron chi connectivity index (χ1n) is 6.42. The number of nitrogens with two attached hydrogens (primary N) is 1. The van der Waals surface area contributed by atoms with Crippen molar-refractivity contribution in [2.75, 3.05) is 0 Å². The average molecular weight is 280 g/mol. The Morgan fingerprint density at radius 2 is 1.90 bits per heavy atom. The van der Waals surface area contributed by atoms with E-state index in [0.29, 0.717) is 11.5 Å². The molecule has 0 aliphatic heterocycles. The maximum absolute atomic E-state index is 11.7. The Morgan fingerprint density at radius 3 is 2.40 bits per heavy atom. The van der Waals surface area contributed by atoms with Gasteiger partial charge in [0.2, 0.25) is 0 Å². The third-order valence-corrected chi connectivity index (χ3v) is 2.61. The molecule has 0 unspecified atom stereocenters. The minimum Gasteiger partial charge on any atom is -0.463 e. The maximum atomic E-state index is 11.7. The summed E-state index contributed by atoms with van der Waals surface area (Å²) in [6.45, 7) is 3.81. The molecule has 0 aliphatic carbocycles. The van der Waals surface area contributed by atoms with Crippen molar-refractivity contribution in [3.8, 4) is 0 Å². The van der Waals surface area contributed by atoms with Crippen LogP contribution in [-0.4, -0.2) is 28.3 Å². The van der Waals surface area contributed by atoms with Gasteiger partial charge in [-0.15, -0.1) is 5.06 Å². The largest absolute Gasteiger partial charge is 0.463 e. The predicted molar refractivity (Wildman–Crippen MR) is 73.5 cm³/mol. The highest BCUT2D eigenvalue weighted by Crippen LogP contribution is 2.09. The van der Waals surface area contributed by atoms with E-state index in [2.05, 4.69) is 0 Å². The zero-order valence-electron chi connectivity index (χ0n) is 11.7. The molecule has 1 rings (SSSR count). The van der Waals surface area contributed by atoms with Crippen LogP contribution < -0.4 is 5.73 Å². The average Bonchev–Trinajstić information content (AvgIpc) is 2.38. The molecular formula is C14H20N2O4. The summed E-state index contributed by atoms with van der Waals surface area (Å²) in [6, 6.07) is 8.05. The van der Waals surface area contributed by atoms with Gasteiger partial charge in [0.1, 0.15) is 6.04 Å². The van der Waals surface area contributed by atoms with E-state index in [0.717, 1.165) is 5.56 Å². The highest BCUT2D eigenvalue weighted by atomic mass is 16.7. The van der Waals surface area contributed by atoms with Gasteiger partial charge in [-0.3, -0.25) is 0 Å². The third kappa shape index (κ3) is 5.27. The molecule has 1 amide bonds. The summed E-state index contributed by atoms with van der Waals surface area (Å²) in [6.07, 6.45) is -0.892. The molecule has 6 nitrogen and oxygen atoms in total. The van der Waals surface area contributed by atoms with E-state index in [4.69, 9.17) is 15.7 Å². The predicted octanol–water partition coefficient (Wildman–Crippen LogP) is 2.00. The van der Waals surface area contributed by atoms with Gasteiger partial charge in [-0.1, -0.05) is 44.2 Å². The molecule has 0 radical (unpaired) electrons. The molecule has 1 aromatic carbocycles. The van der Waals surface area contributed by atoms with Crippen LogP contribution in [0.2, 0.25) is 0 Å². The number of rotatable bonds is 5. The minimum absolute atomic E-state index is 0.0314. The highest BCUT2D eigenvalue weighted by Gasteiger charge is 2.23. The lowest BCUT2D eigenvalue weighted by Crippen LogP contribution is -2.40. The molecular weight excluding hydrogens is 260 g/mol. The summed E-state index contributed by atoms with van der Waals surface area (Å²) in [5.74, 6) is -0.512. The number of hydroxylamine groups is 2. The Balaban J connectivity index is 2.64. The SMILES string of the molecule is CC(C)C[C@H](N)C(=O)ON(Cc1ccccc1)C(=O)O. The van der Waals surface area contributed by atoms with Gasteiger partial charge in [0, 0.05) is 0 Å². The fourth-order valence-corrected chi connectivity index (χ4v) is 1.67. The van der Waals surface area contributed by atoms with E-state index in [1.165, 1.54) is 0 Å². The monoisotopic (exact) mass is 280 g/mol. The van der Waals surface area contributed by atoms with E-state index < -0.39 is 18.1 Å². The first-order valence-corrected chi connectivity index (χ1v) is 6.42. The molecule has 0 fully saturated rings. The van der Waals surface area contributed by atoms with Gasteiger partial charge < -0.3 is 15.7 Å². The fourth-order valence-electron chi connectivity index (χ4n) is 1.67. The number of benzene rings is 1. The topological polar surface area (TPSA) is 92.9 Å². The van der Waals surface area contributed by atoms with Gasteiger partial charge >= 0.3 is 12.1 Å². The van der Waals surface area contributed by atoms with Crippen LogP contribution in [0, 0.1) is 5.92 Å². The van der Waals surface area contributed by atoms with Crippen LogP contribution in [0.1, 0.15) is 25.8 Å². The van der Waals surface area contributed by atoms with E-state index in [9.17, 15) is 9.59 Å². The zero-order valence-corrected chi connectivity index (χ0v) is 11.7. The second-order valence-electron chi connectivity index (χ2n) is 4.95. The molecule has 110 valence electrons. The van der Waals surface area contributed by atoms with Gasteiger partial charge in [-0.2, -0.15) is 0 Å². The van der Waals surface area contributed by atoms with Crippen LogP contribution >= 0.6 is 0 Å². The molecule has 0 heterocycles. The lowest BCUT2D eigenvalue weighted by Gasteiger charge is -2.20. The molecule has 3 N–H and O–H groups in total. The number of carbonyl (C=O) groups excluding carboxylic acids is 1. The van der Waals surface area contributed by atoms with Crippen LogP contribution in [-0.2, 0) is 16.2 Å². The summed E-state index contributed by atoms with van der Waals surface area (Å²) in [4.78, 5) is 27.7. The van der Waals surface area contributed by atoms with Crippen molar-refractivity contribution >= 4 is 12.1 Å². The van der Waals surface area contributed by atoms with Crippen molar-refractivity contribution in [1.29, 1.82) is 0 Å². The van der Waals surface area contributed by atoms with Crippen molar-refractivity contribution in [2.24, 2.45) is 11.7 Å². The molecule has 20 heavy (non-hydrogen) atoms. The normalized spacial score (nSPS) is 12.0. The molecule has 6 heteroatoms. The lowest BCUT2D eigenvalue weighted by atomic mass is 10.1. The van der Waals surface area contributed by atoms with E-state index >= 15 is 0 Å². The van der Waals surface area contributed by atoms with Gasteiger partial charge in [0.15, 0.2) is 0 Å². The van der Waals surface area contributed by atoms with Crippen molar-refractivity contribution in [3.63, 3.8) is 0 Å². The van der Waals surface area contributed by atoms with Crippen LogP contribution in [0.3, 0.4) is 0 Å². The van der Waals surface area contributed by atoms with Crippen LogP contribution in [0.5, 0.6) is 0 Å². The van der Waals surface area contributed by atoms with Crippen LogP contribution in [0.4, 0.5) is 4.79 Å². The number of hydrogen-bond donors (Lipinski definition) is 2. The van der Waals surface area contributed by atoms with E-state index in [-0.39, 0.29) is 12.5 Å². The fraction of sp³-hybridized carbons (Fsp3) is 0.429. The second kappa shape index (κ2) is 7.49. The molecule has 1 atom stereocenters. The third-order valence-electron chi connectivity index (χ3n) is 2.61. The molecule has 0 saturated heterocycles. The van der Waals surface area contributed by atoms with E-state index in [1.807, 2.05) is 19.9 Å². The zero-order chi connectivity index (χ0) is 15.1. The second-order valence-corrected chi connectivity index (χ2v) is 4.95. The standard InChI is InChI=1S/C14H20N2O4/c1-10(2)8-12(15)13(17)20-16(14(18)19)9-11-6-4-3-5-7-11/h3-7,10,12H,8-9,15H2,1-2H3,(H,18,19)/t12-/m0/s1. The summed E-state index contributed by atoms with van der Waals surface area (Å²) in [5.41, 5.74) is 6.39. The first kappa shape index (κ1) is 16.0. The van der Waals surface area contributed by atoms with Crippen LogP contribution in [0.15, 0.2) is 30.3 Å². The number of hydrogen-bond acceptors (Lipinski definition) is 4. The highest BCUT2D eigenvalue weighted by molar-refractivity contribution is 5.77. The molecule has 0 aliphatic rings. The Labute approximate surface area is 118 Å². The minimum atomic E-state index is -1.33. The Bertz CT molecular complexity index is 448. The molecule has 1 aromatic rings. The number of carboxylic acid groups (broad SMARTS) is 1. The number of amides is 1. The summed E-state index contributed by atoms with van der Waals surface area (Å²) >= 11 is 0. The van der Waals surface area contributed by atoms with Gasteiger partial charge in [0.25, 0.3) is 0 Å². The first-order chi connectivity index (χ1) is 9.40. The van der Waals surface area contributed by atoms with Crippen molar-refractivity contribution < 1.29 is 19.5 Å². The molecule has 0 aromatic heterocycles. The maximum Gasteiger partial charge on any atom is 0.441 e. The summed E-state index contributed by atoms with van der Waals surface area (Å²) in [7, 11) is 0. The lowest BCUT2D eigenvalue weighted by molar-refractivity contribution is -0.184. The van der Waals surface area contributed by atoms with Crippen molar-refractivity contribution in [2.45, 2.75) is 32.9 Å². The summed E-state index contributed by atoms with van der Waals surface area (Å²) in [5, 5.41) is 9.65. The van der Waals surface area contributed by atoms with Crippen molar-refractivity contribution in [1.82, 2.24) is 5.06 Å². The molecule has 0 bridgehead atoms.